The minimum absolute atomic E-state index is 0.0936. The highest BCUT2D eigenvalue weighted by Crippen LogP contribution is 2.76. The summed E-state index contributed by atoms with van der Waals surface area (Å²) in [6.07, 6.45) is -49.7. The van der Waals surface area contributed by atoms with Gasteiger partial charge in [0.1, 0.15) is 116 Å². The van der Waals surface area contributed by atoms with Gasteiger partial charge in [-0.25, -0.2) is 0 Å². The molecule has 6 aliphatic heterocycles. The molecule has 18 N–H and O–H groups in total. The van der Waals surface area contributed by atoms with Crippen LogP contribution in [-0.4, -0.2) is 327 Å². The van der Waals surface area contributed by atoms with E-state index in [-0.39, 0.29) is 38.5 Å². The van der Waals surface area contributed by atoms with Gasteiger partial charge in [0.25, 0.3) is 0 Å². The zero-order valence-corrected chi connectivity index (χ0v) is 58.0. The first-order valence-electron chi connectivity index (χ1n) is 35.2. The van der Waals surface area contributed by atoms with E-state index in [0.29, 0.717) is 19.3 Å². The summed E-state index contributed by atoms with van der Waals surface area (Å²) < 4.78 is 79.2. The van der Waals surface area contributed by atoms with Gasteiger partial charge in [-0.1, -0.05) is 39.3 Å². The van der Waals surface area contributed by atoms with Crippen LogP contribution in [0.15, 0.2) is 11.6 Å². The Balaban J connectivity index is 0.905. The topological polar surface area (TPSA) is 535 Å². The summed E-state index contributed by atoms with van der Waals surface area (Å²) in [7, 11) is 0. The maximum absolute atomic E-state index is 16.1. The summed E-state index contributed by atoms with van der Waals surface area (Å²) in [6, 6.07) is 0. The standard InChI is InChI=1S/C67H106O34/c1-24-36(74)40(78)45(83)55(90-24)98-51-49(93-27(4)71)26(3)92-59(52(51)99-56-47(85)43(81)48(25(2)91-56)96-54-44(82)37(75)31(73)22-89-54)101-61(88)66-15-14-62(5,6)18-29(66)28-10-11-34-63(7)19-30(72)53(65(9,60(86)87)35(63)12-13-64(34,8)67(28,23-70)17-16-66)100-58-50(42(80)39(77)33(21-69)95-58)97-57-46(84)41(79)38(76)32(20-68)94-57/h10,24-26,29-59,68-70,72-85H,11-23H2,1-9H3,(H,86,87). The Labute approximate surface area is 582 Å². The normalized spacial score (nSPS) is 53.6. The van der Waals surface area contributed by atoms with Gasteiger partial charge in [0.15, 0.2) is 43.7 Å². The summed E-state index contributed by atoms with van der Waals surface area (Å²) in [5, 5.41) is 200. The third kappa shape index (κ3) is 13.5. The molecule has 6 heterocycles. The van der Waals surface area contributed by atoms with Crippen LogP contribution in [0.25, 0.3) is 0 Å². The number of aliphatic hydroxyl groups excluding tert-OH is 17. The highest BCUT2D eigenvalue weighted by Gasteiger charge is 2.74. The molecule has 101 heavy (non-hydrogen) atoms. The van der Waals surface area contributed by atoms with Gasteiger partial charge in [0.05, 0.1) is 61.7 Å². The minimum atomic E-state index is -2.07. The fourth-order valence-corrected chi connectivity index (χ4v) is 19.6. The van der Waals surface area contributed by atoms with Gasteiger partial charge < -0.3 is 153 Å². The minimum Gasteiger partial charge on any atom is -0.481 e. The number of allylic oxidation sites excluding steroid dienone is 1. The van der Waals surface area contributed by atoms with Crippen LogP contribution in [0, 0.1) is 50.2 Å². The van der Waals surface area contributed by atoms with Gasteiger partial charge in [-0.2, -0.15) is 0 Å². The van der Waals surface area contributed by atoms with E-state index in [4.69, 9.17) is 61.6 Å². The fraction of sp³-hybridized carbons (Fsp3) is 0.925. The summed E-state index contributed by atoms with van der Waals surface area (Å²) >= 11 is 0. The van der Waals surface area contributed by atoms with E-state index in [1.54, 1.807) is 0 Å². The molecule has 11 rings (SSSR count). The zero-order chi connectivity index (χ0) is 74.0. The molecule has 39 unspecified atom stereocenters. The van der Waals surface area contributed by atoms with E-state index in [2.05, 4.69) is 20.8 Å². The lowest BCUT2D eigenvalue weighted by molar-refractivity contribution is -0.390. The molecule has 4 saturated carbocycles. The number of rotatable bonds is 17. The van der Waals surface area contributed by atoms with Crippen molar-refractivity contribution in [3.63, 3.8) is 0 Å². The second kappa shape index (κ2) is 29.5. The number of carboxylic acids is 1. The molecule has 0 aromatic heterocycles. The molecule has 39 atom stereocenters. The van der Waals surface area contributed by atoms with Crippen molar-refractivity contribution in [2.24, 2.45) is 50.2 Å². The summed E-state index contributed by atoms with van der Waals surface area (Å²) in [5.74, 6) is -5.03. The van der Waals surface area contributed by atoms with Crippen molar-refractivity contribution in [2.75, 3.05) is 26.4 Å². The second-order valence-corrected chi connectivity index (χ2v) is 31.8. The Morgan fingerprint density at radius 3 is 1.64 bits per heavy atom. The highest BCUT2D eigenvalue weighted by atomic mass is 16.8. The largest absolute Gasteiger partial charge is 0.481 e. The average Bonchev–Trinajstić information content (AvgIpc) is 0.669. The molecule has 5 aliphatic carbocycles. The molecule has 0 radical (unpaired) electrons. The molecule has 6 saturated heterocycles. The van der Waals surface area contributed by atoms with Crippen molar-refractivity contribution in [3.8, 4) is 0 Å². The van der Waals surface area contributed by atoms with E-state index >= 15 is 4.79 Å². The van der Waals surface area contributed by atoms with Gasteiger partial charge >= 0.3 is 17.9 Å². The first-order valence-corrected chi connectivity index (χ1v) is 35.2. The van der Waals surface area contributed by atoms with E-state index in [0.717, 1.165) is 12.5 Å². The van der Waals surface area contributed by atoms with Crippen LogP contribution in [0.5, 0.6) is 0 Å². The molecule has 10 fully saturated rings. The Hall–Kier alpha value is -2.97. The maximum Gasteiger partial charge on any atom is 0.315 e. The molecule has 34 nitrogen and oxygen atoms in total. The zero-order valence-electron chi connectivity index (χ0n) is 58.0. The van der Waals surface area contributed by atoms with Crippen LogP contribution in [0.2, 0.25) is 0 Å². The van der Waals surface area contributed by atoms with E-state index < -0.39 is 285 Å². The molecular formula is C67H106O34. The number of carbonyl (C=O) groups excluding carboxylic acids is 2. The first kappa shape index (κ1) is 79.1. The van der Waals surface area contributed by atoms with Crippen LogP contribution >= 0.6 is 0 Å². The molecule has 34 heteroatoms. The van der Waals surface area contributed by atoms with Crippen molar-refractivity contribution >= 4 is 17.9 Å². The number of esters is 2. The van der Waals surface area contributed by atoms with Crippen molar-refractivity contribution in [1.29, 1.82) is 0 Å². The Morgan fingerprint density at radius 2 is 1.02 bits per heavy atom. The summed E-state index contributed by atoms with van der Waals surface area (Å²) in [6.45, 7) is 12.2. The first-order chi connectivity index (χ1) is 47.3. The van der Waals surface area contributed by atoms with Crippen molar-refractivity contribution in [3.05, 3.63) is 11.6 Å². The number of hydrogen-bond acceptors (Lipinski definition) is 33. The Morgan fingerprint density at radius 1 is 0.495 bits per heavy atom. The van der Waals surface area contributed by atoms with Crippen molar-refractivity contribution < 1.29 is 168 Å². The van der Waals surface area contributed by atoms with Gasteiger partial charge in [0, 0.05) is 12.3 Å². The Kier molecular flexibility index (Phi) is 23.1. The fourth-order valence-electron chi connectivity index (χ4n) is 19.6. The smallest absolute Gasteiger partial charge is 0.315 e. The van der Waals surface area contributed by atoms with E-state index in [1.807, 2.05) is 13.0 Å². The second-order valence-electron chi connectivity index (χ2n) is 31.8. The third-order valence-electron chi connectivity index (χ3n) is 25.4. The number of carbonyl (C=O) groups is 3. The SMILES string of the molecule is CC(=O)OC1C(C)OC(OC(=O)C23CCC(C)(C)CC2C2=CCC4C5(C)CC(O)C(OC6OC(CO)C(O)C(O)C6OC6OC(CO)C(O)C(O)C6O)C(C)(C(=O)O)C5CCC4(C)C2(CO)CC3)C(OC2OC(C)C(OC3OCC(O)C(O)C3O)C(O)C2O)C1OC1OC(C)C(O)C(O)C1O. The predicted octanol–water partition coefficient (Wildman–Crippen LogP) is -5.09. The molecule has 0 spiro atoms. The number of carboxylic acid groups (broad SMARTS) is 1. The van der Waals surface area contributed by atoms with Crippen LogP contribution in [0.1, 0.15) is 120 Å². The molecule has 0 aromatic carbocycles. The van der Waals surface area contributed by atoms with E-state index in [1.165, 1.54) is 27.7 Å². The van der Waals surface area contributed by atoms with Crippen LogP contribution < -0.4 is 0 Å². The maximum atomic E-state index is 16.1. The monoisotopic (exact) mass is 1450 g/mol. The van der Waals surface area contributed by atoms with Gasteiger partial charge in [-0.05, 0) is 119 Å². The third-order valence-corrected chi connectivity index (χ3v) is 25.4. The number of aliphatic carboxylic acids is 1. The molecule has 578 valence electrons. The van der Waals surface area contributed by atoms with Gasteiger partial charge in [0.2, 0.25) is 6.29 Å². The lowest BCUT2D eigenvalue weighted by Crippen LogP contribution is -2.71. The summed E-state index contributed by atoms with van der Waals surface area (Å²) in [5.41, 5.74) is -6.14. The Bertz CT molecular complexity index is 2950. The molecule has 0 amide bonds. The number of hydrogen-bond donors (Lipinski definition) is 18. The van der Waals surface area contributed by atoms with Crippen LogP contribution in [0.4, 0.5) is 0 Å². The van der Waals surface area contributed by atoms with Crippen LogP contribution in [0.3, 0.4) is 0 Å². The molecule has 0 bridgehead atoms. The average molecular weight is 1460 g/mol. The number of ether oxygens (including phenoxy) is 13. The van der Waals surface area contributed by atoms with Crippen molar-refractivity contribution in [1.82, 2.24) is 0 Å². The van der Waals surface area contributed by atoms with E-state index in [9.17, 15) is 102 Å². The van der Waals surface area contributed by atoms with Gasteiger partial charge in [-0.15, -0.1) is 0 Å². The lowest BCUT2D eigenvalue weighted by atomic mass is 9.33. The predicted molar refractivity (Wildman–Crippen MR) is 332 cm³/mol. The molecule has 11 aliphatic rings. The lowest BCUT2D eigenvalue weighted by Gasteiger charge is -2.71. The van der Waals surface area contributed by atoms with Crippen LogP contribution in [-0.2, 0) is 76.0 Å². The number of aliphatic hydroxyl groups is 17. The molecule has 0 aromatic rings. The van der Waals surface area contributed by atoms with Gasteiger partial charge in [-0.3, -0.25) is 14.4 Å². The number of fused-ring (bicyclic) bond motifs is 7. The molecular weight excluding hydrogens is 1350 g/mol. The quantitative estimate of drug-likeness (QED) is 0.0368. The van der Waals surface area contributed by atoms with Crippen molar-refractivity contribution in [2.45, 2.75) is 310 Å². The highest BCUT2D eigenvalue weighted by molar-refractivity contribution is 5.79. The summed E-state index contributed by atoms with van der Waals surface area (Å²) in [4.78, 5) is 43.4.